The topological polar surface area (TPSA) is 49.6 Å². The summed E-state index contributed by atoms with van der Waals surface area (Å²) in [6, 6.07) is 2.05. The van der Waals surface area contributed by atoms with Crippen molar-refractivity contribution in [1.29, 1.82) is 5.26 Å². The third-order valence-corrected chi connectivity index (χ3v) is 2.31. The molecule has 0 spiro atoms. The van der Waals surface area contributed by atoms with Crippen molar-refractivity contribution < 1.29 is 0 Å². The summed E-state index contributed by atoms with van der Waals surface area (Å²) in [6.45, 7) is 0. The van der Waals surface area contributed by atoms with Crippen molar-refractivity contribution in [3.05, 3.63) is 8.92 Å². The Morgan fingerprint density at radius 2 is 2.40 bits per heavy atom. The molecule has 0 aliphatic heterocycles. The fourth-order valence-corrected chi connectivity index (χ4v) is 1.70. The lowest BCUT2D eigenvalue weighted by Gasteiger charge is -1.81. The molecule has 0 fully saturated rings. The fourth-order valence-electron chi connectivity index (χ4n) is 0.497. The zero-order valence-corrected chi connectivity index (χ0v) is 7.44. The smallest absolute Gasteiger partial charge is 0.183 e. The van der Waals surface area contributed by atoms with Gasteiger partial charge in [-0.2, -0.15) is 5.26 Å². The van der Waals surface area contributed by atoms with Crippen LogP contribution in [0.15, 0.2) is 3.92 Å². The number of aromatic nitrogens is 2. The van der Waals surface area contributed by atoms with Gasteiger partial charge in [-0.25, -0.2) is 0 Å². The molecule has 0 radical (unpaired) electrons. The van der Waals surface area contributed by atoms with Crippen LogP contribution in [0.5, 0.6) is 0 Å². The minimum absolute atomic E-state index is 0.516. The van der Waals surface area contributed by atoms with Crippen molar-refractivity contribution in [3.8, 4) is 6.07 Å². The lowest BCUT2D eigenvalue weighted by atomic mass is 10.3. The van der Waals surface area contributed by atoms with Crippen LogP contribution in [-0.4, -0.2) is 10.2 Å². The molecular formula is C5H4BrN3S. The van der Waals surface area contributed by atoms with E-state index in [2.05, 4.69) is 26.1 Å². The van der Waals surface area contributed by atoms with E-state index >= 15 is 0 Å². The fraction of sp³-hybridized carbons (Fsp3) is 0.400. The molecule has 0 aliphatic carbocycles. The van der Waals surface area contributed by atoms with E-state index in [1.54, 1.807) is 0 Å². The molecular weight excluding hydrogens is 214 g/mol. The summed E-state index contributed by atoms with van der Waals surface area (Å²) in [5.74, 6) is 0. The van der Waals surface area contributed by atoms with Crippen LogP contribution in [-0.2, 0) is 6.42 Å². The molecule has 5 heteroatoms. The molecule has 1 aromatic heterocycles. The molecule has 0 N–H and O–H groups in total. The zero-order chi connectivity index (χ0) is 7.40. The van der Waals surface area contributed by atoms with Crippen molar-refractivity contribution in [2.45, 2.75) is 12.8 Å². The standard InChI is InChI=1S/C5H4BrN3S/c6-5-9-8-4(10-5)2-1-3-7/h1-2H2. The number of rotatable bonds is 2. The number of halogens is 1. The third-order valence-electron chi connectivity index (χ3n) is 0.893. The first-order valence-electron chi connectivity index (χ1n) is 2.68. The number of aryl methyl sites for hydroxylation is 1. The molecule has 0 atom stereocenters. The largest absolute Gasteiger partial charge is 0.198 e. The first kappa shape index (κ1) is 7.63. The van der Waals surface area contributed by atoms with Crippen molar-refractivity contribution in [2.75, 3.05) is 0 Å². The lowest BCUT2D eigenvalue weighted by Crippen LogP contribution is -1.80. The summed E-state index contributed by atoms with van der Waals surface area (Å²) < 4.78 is 0.778. The Labute approximate surface area is 70.8 Å². The summed E-state index contributed by atoms with van der Waals surface area (Å²) in [6.07, 6.45) is 1.22. The van der Waals surface area contributed by atoms with E-state index in [4.69, 9.17) is 5.26 Å². The summed E-state index contributed by atoms with van der Waals surface area (Å²) in [4.78, 5) is 0. The van der Waals surface area contributed by atoms with Gasteiger partial charge in [0.2, 0.25) is 0 Å². The van der Waals surface area contributed by atoms with Crippen LogP contribution < -0.4 is 0 Å². The Morgan fingerprint density at radius 3 is 2.90 bits per heavy atom. The van der Waals surface area contributed by atoms with Crippen LogP contribution >= 0.6 is 27.3 Å². The van der Waals surface area contributed by atoms with E-state index in [9.17, 15) is 0 Å². The lowest BCUT2D eigenvalue weighted by molar-refractivity contribution is 0.928. The van der Waals surface area contributed by atoms with Crippen molar-refractivity contribution in [3.63, 3.8) is 0 Å². The van der Waals surface area contributed by atoms with E-state index in [0.29, 0.717) is 12.8 Å². The molecule has 0 aliphatic rings. The van der Waals surface area contributed by atoms with Crippen LogP contribution in [0.1, 0.15) is 11.4 Å². The van der Waals surface area contributed by atoms with Gasteiger partial charge in [0.25, 0.3) is 0 Å². The molecule has 0 amide bonds. The van der Waals surface area contributed by atoms with E-state index in [-0.39, 0.29) is 0 Å². The van der Waals surface area contributed by atoms with Crippen molar-refractivity contribution in [2.24, 2.45) is 0 Å². The highest BCUT2D eigenvalue weighted by Crippen LogP contribution is 2.16. The highest BCUT2D eigenvalue weighted by molar-refractivity contribution is 9.11. The highest BCUT2D eigenvalue weighted by Gasteiger charge is 1.98. The zero-order valence-electron chi connectivity index (χ0n) is 5.04. The summed E-state index contributed by atoms with van der Waals surface area (Å²) >= 11 is 4.66. The number of nitriles is 1. The Hall–Kier alpha value is -0.470. The van der Waals surface area contributed by atoms with Crippen molar-refractivity contribution >= 4 is 27.3 Å². The summed E-state index contributed by atoms with van der Waals surface area (Å²) in [7, 11) is 0. The van der Waals surface area contributed by atoms with Gasteiger partial charge in [0, 0.05) is 12.8 Å². The highest BCUT2D eigenvalue weighted by atomic mass is 79.9. The molecule has 10 heavy (non-hydrogen) atoms. The maximum Gasteiger partial charge on any atom is 0.183 e. The van der Waals surface area contributed by atoms with Crippen LogP contribution in [0.3, 0.4) is 0 Å². The molecule has 3 nitrogen and oxygen atoms in total. The molecule has 1 heterocycles. The Bertz CT molecular complexity index is 252. The minimum Gasteiger partial charge on any atom is -0.198 e. The number of hydrogen-bond donors (Lipinski definition) is 0. The van der Waals surface area contributed by atoms with Gasteiger partial charge in [-0.05, 0) is 15.9 Å². The SMILES string of the molecule is N#CCCc1nnc(Br)s1. The Morgan fingerprint density at radius 1 is 1.60 bits per heavy atom. The average Bonchev–Trinajstić information content (AvgIpc) is 2.31. The maximum atomic E-state index is 8.23. The molecule has 1 rings (SSSR count). The molecule has 0 unspecified atom stereocenters. The van der Waals surface area contributed by atoms with E-state index in [1.165, 1.54) is 11.3 Å². The second-order valence-electron chi connectivity index (χ2n) is 1.61. The molecule has 0 bridgehead atoms. The van der Waals surface area contributed by atoms with Gasteiger partial charge in [0.15, 0.2) is 3.92 Å². The second-order valence-corrected chi connectivity index (χ2v) is 3.94. The maximum absolute atomic E-state index is 8.23. The number of nitrogens with zero attached hydrogens (tertiary/aromatic N) is 3. The van der Waals surface area contributed by atoms with Gasteiger partial charge in [-0.15, -0.1) is 10.2 Å². The van der Waals surface area contributed by atoms with Gasteiger partial charge in [-0.3, -0.25) is 0 Å². The van der Waals surface area contributed by atoms with E-state index < -0.39 is 0 Å². The van der Waals surface area contributed by atoms with E-state index in [1.807, 2.05) is 6.07 Å². The molecule has 0 saturated heterocycles. The number of hydrogen-bond acceptors (Lipinski definition) is 4. The molecule has 0 aromatic carbocycles. The van der Waals surface area contributed by atoms with Crippen LogP contribution in [0.2, 0.25) is 0 Å². The van der Waals surface area contributed by atoms with Crippen LogP contribution in [0.25, 0.3) is 0 Å². The summed E-state index contributed by atoms with van der Waals surface area (Å²) in [5.41, 5.74) is 0. The first-order chi connectivity index (χ1) is 4.83. The average molecular weight is 218 g/mol. The first-order valence-corrected chi connectivity index (χ1v) is 4.28. The quantitative estimate of drug-likeness (QED) is 0.759. The normalized spacial score (nSPS) is 9.20. The predicted octanol–water partition coefficient (Wildman–Crippen LogP) is 1.76. The van der Waals surface area contributed by atoms with Gasteiger partial charge in [0.05, 0.1) is 6.07 Å². The van der Waals surface area contributed by atoms with Crippen LogP contribution in [0, 0.1) is 11.3 Å². The van der Waals surface area contributed by atoms with Gasteiger partial charge >= 0.3 is 0 Å². The van der Waals surface area contributed by atoms with Crippen LogP contribution in [0.4, 0.5) is 0 Å². The Balaban J connectivity index is 2.52. The monoisotopic (exact) mass is 217 g/mol. The van der Waals surface area contributed by atoms with Gasteiger partial charge in [0.1, 0.15) is 5.01 Å². The molecule has 52 valence electrons. The molecule has 0 saturated carbocycles. The van der Waals surface area contributed by atoms with Gasteiger partial charge < -0.3 is 0 Å². The third kappa shape index (κ3) is 2.05. The van der Waals surface area contributed by atoms with Crippen molar-refractivity contribution in [1.82, 2.24) is 10.2 Å². The second kappa shape index (κ2) is 3.64. The van der Waals surface area contributed by atoms with Gasteiger partial charge in [-0.1, -0.05) is 11.3 Å². The predicted molar refractivity (Wildman–Crippen MR) is 41.5 cm³/mol. The molecule has 1 aromatic rings. The van der Waals surface area contributed by atoms with E-state index in [0.717, 1.165) is 8.92 Å². The minimum atomic E-state index is 0.516. The summed E-state index contributed by atoms with van der Waals surface area (Å²) in [5, 5.41) is 16.7. The Kier molecular flexibility index (Phi) is 2.78.